The van der Waals surface area contributed by atoms with E-state index in [1.807, 2.05) is 12.1 Å². The second-order valence-electron chi connectivity index (χ2n) is 9.61. The van der Waals surface area contributed by atoms with Crippen LogP contribution >= 0.6 is 11.8 Å². The van der Waals surface area contributed by atoms with Crippen molar-refractivity contribution in [1.82, 2.24) is 16.0 Å². The van der Waals surface area contributed by atoms with Gasteiger partial charge >= 0.3 is 6.03 Å². The van der Waals surface area contributed by atoms with Crippen LogP contribution in [0.3, 0.4) is 0 Å². The van der Waals surface area contributed by atoms with Gasteiger partial charge < -0.3 is 21.1 Å². The van der Waals surface area contributed by atoms with Crippen LogP contribution in [0.5, 0.6) is 5.75 Å². The summed E-state index contributed by atoms with van der Waals surface area (Å²) in [6.45, 7) is 3.07. The minimum atomic E-state index is -0.241. The van der Waals surface area contributed by atoms with Gasteiger partial charge in [0.1, 0.15) is 5.75 Å². The number of hydrogen-bond acceptors (Lipinski definition) is 4. The van der Waals surface area contributed by atoms with Crippen molar-refractivity contribution in [1.29, 1.82) is 0 Å². The van der Waals surface area contributed by atoms with Crippen molar-refractivity contribution in [2.45, 2.75) is 121 Å². The van der Waals surface area contributed by atoms with Crippen LogP contribution in [0.1, 0.15) is 116 Å². The van der Waals surface area contributed by atoms with Crippen LogP contribution in [0.2, 0.25) is 0 Å². The Morgan fingerprint density at radius 2 is 1.19 bits per heavy atom. The fourth-order valence-corrected chi connectivity index (χ4v) is 4.90. The fraction of sp³-hybridized carbons (Fsp3) is 0.724. The quantitative estimate of drug-likeness (QED) is 0.0681. The zero-order chi connectivity index (χ0) is 26.1. The molecule has 1 aromatic carbocycles. The number of phenolic OH excluding ortho intramolecular Hbond substituents is 1. The highest BCUT2D eigenvalue weighted by Crippen LogP contribution is 2.21. The molecule has 0 unspecified atom stereocenters. The lowest BCUT2D eigenvalue weighted by molar-refractivity contribution is -0.120. The molecule has 0 bridgehead atoms. The molecule has 7 heteroatoms. The van der Waals surface area contributed by atoms with Gasteiger partial charge in [-0.2, -0.15) is 0 Å². The second kappa shape index (κ2) is 23.5. The van der Waals surface area contributed by atoms with Crippen LogP contribution < -0.4 is 16.0 Å². The molecular weight excluding hydrogens is 470 g/mol. The molecule has 0 aliphatic rings. The molecule has 4 N–H and O–H groups in total. The van der Waals surface area contributed by atoms with Crippen molar-refractivity contribution >= 4 is 23.7 Å². The number of aromatic hydroxyl groups is 1. The first-order valence-corrected chi connectivity index (χ1v) is 15.3. The maximum absolute atomic E-state index is 11.9. The molecule has 0 heterocycles. The first-order valence-electron chi connectivity index (χ1n) is 14.3. The molecule has 0 radical (unpaired) electrons. The lowest BCUT2D eigenvalue weighted by atomic mass is 10.0. The lowest BCUT2D eigenvalue weighted by Gasteiger charge is -2.09. The van der Waals surface area contributed by atoms with Crippen LogP contribution in [-0.2, 0) is 4.79 Å². The van der Waals surface area contributed by atoms with Crippen LogP contribution in [0.4, 0.5) is 4.79 Å². The summed E-state index contributed by atoms with van der Waals surface area (Å²) < 4.78 is 0. The molecule has 0 aliphatic carbocycles. The number of phenols is 1. The van der Waals surface area contributed by atoms with E-state index in [1.165, 1.54) is 89.9 Å². The third-order valence-electron chi connectivity index (χ3n) is 6.28. The Morgan fingerprint density at radius 3 is 1.72 bits per heavy atom. The predicted octanol–water partition coefficient (Wildman–Crippen LogP) is 7.51. The first-order chi connectivity index (χ1) is 17.6. The summed E-state index contributed by atoms with van der Waals surface area (Å²) in [4.78, 5) is 24.7. The van der Waals surface area contributed by atoms with E-state index in [-0.39, 0.29) is 24.4 Å². The van der Waals surface area contributed by atoms with Gasteiger partial charge in [-0.1, -0.05) is 103 Å². The molecule has 0 aliphatic heterocycles. The molecule has 0 saturated carbocycles. The van der Waals surface area contributed by atoms with E-state index in [0.717, 1.165) is 17.7 Å². The Kier molecular flexibility index (Phi) is 21.0. The molecule has 0 fully saturated rings. The molecule has 0 spiro atoms. The Morgan fingerprint density at radius 1 is 0.694 bits per heavy atom. The van der Waals surface area contributed by atoms with E-state index < -0.39 is 0 Å². The van der Waals surface area contributed by atoms with Gasteiger partial charge in [0.2, 0.25) is 5.91 Å². The SMILES string of the molecule is CCCCCCCCCCCCCCCCCCNC(=O)NCNC(=O)CCSc1ccc(O)cc1. The standard InChI is InChI=1S/C29H51N3O3S/c1-2-3-4-5-6-7-8-9-10-11-12-13-14-15-16-17-23-30-29(35)32-25-31-28(34)22-24-36-27-20-18-26(33)19-21-27/h18-21,33H,2-17,22-25H2,1H3,(H,31,34)(H2,30,32,35). The van der Waals surface area contributed by atoms with E-state index in [0.29, 0.717) is 18.7 Å². The predicted molar refractivity (Wildman–Crippen MR) is 153 cm³/mol. The maximum Gasteiger partial charge on any atom is 0.316 e. The van der Waals surface area contributed by atoms with Gasteiger partial charge in [-0.25, -0.2) is 4.79 Å². The largest absolute Gasteiger partial charge is 0.508 e. The Hall–Kier alpha value is -1.89. The zero-order valence-electron chi connectivity index (χ0n) is 22.6. The molecule has 206 valence electrons. The normalized spacial score (nSPS) is 10.8. The second-order valence-corrected chi connectivity index (χ2v) is 10.8. The van der Waals surface area contributed by atoms with Gasteiger partial charge in [0.25, 0.3) is 0 Å². The van der Waals surface area contributed by atoms with Crippen LogP contribution in [0.15, 0.2) is 29.2 Å². The number of nitrogens with one attached hydrogen (secondary N) is 3. The van der Waals surface area contributed by atoms with Crippen molar-refractivity contribution in [2.24, 2.45) is 0 Å². The van der Waals surface area contributed by atoms with Gasteiger partial charge in [0.15, 0.2) is 0 Å². The highest BCUT2D eigenvalue weighted by Gasteiger charge is 2.04. The zero-order valence-corrected chi connectivity index (χ0v) is 23.4. The monoisotopic (exact) mass is 521 g/mol. The van der Waals surface area contributed by atoms with Gasteiger partial charge in [0.05, 0.1) is 6.67 Å². The van der Waals surface area contributed by atoms with Crippen molar-refractivity contribution in [2.75, 3.05) is 19.0 Å². The van der Waals surface area contributed by atoms with Crippen LogP contribution in [0.25, 0.3) is 0 Å². The molecular formula is C29H51N3O3S. The van der Waals surface area contributed by atoms with E-state index in [4.69, 9.17) is 0 Å². The molecule has 0 atom stereocenters. The Bertz CT molecular complexity index is 670. The summed E-state index contributed by atoms with van der Waals surface area (Å²) in [5.74, 6) is 0.776. The van der Waals surface area contributed by atoms with Crippen molar-refractivity contribution in [3.8, 4) is 5.75 Å². The summed E-state index contributed by atoms with van der Waals surface area (Å²) in [7, 11) is 0. The smallest absolute Gasteiger partial charge is 0.316 e. The van der Waals surface area contributed by atoms with Crippen molar-refractivity contribution < 1.29 is 14.7 Å². The molecule has 6 nitrogen and oxygen atoms in total. The van der Waals surface area contributed by atoms with Crippen molar-refractivity contribution in [3.63, 3.8) is 0 Å². The number of unbranched alkanes of at least 4 members (excludes halogenated alkanes) is 15. The van der Waals surface area contributed by atoms with Crippen molar-refractivity contribution in [3.05, 3.63) is 24.3 Å². The summed E-state index contributed by atoms with van der Waals surface area (Å²) >= 11 is 1.55. The average molecular weight is 522 g/mol. The number of thioether (sulfide) groups is 1. The van der Waals surface area contributed by atoms with E-state index in [9.17, 15) is 14.7 Å². The third-order valence-corrected chi connectivity index (χ3v) is 7.30. The van der Waals surface area contributed by atoms with E-state index in [1.54, 1.807) is 23.9 Å². The molecule has 0 saturated heterocycles. The first kappa shape index (κ1) is 32.1. The maximum atomic E-state index is 11.9. The highest BCUT2D eigenvalue weighted by molar-refractivity contribution is 7.99. The minimum Gasteiger partial charge on any atom is -0.508 e. The molecule has 3 amide bonds. The number of carbonyl (C=O) groups is 2. The van der Waals surface area contributed by atoms with Gasteiger partial charge in [-0.15, -0.1) is 11.8 Å². The van der Waals surface area contributed by atoms with E-state index >= 15 is 0 Å². The minimum absolute atomic E-state index is 0.0978. The fourth-order valence-electron chi connectivity index (χ4n) is 4.05. The topological polar surface area (TPSA) is 90.5 Å². The van der Waals surface area contributed by atoms with Crippen LogP contribution in [-0.4, -0.2) is 36.0 Å². The summed E-state index contributed by atoms with van der Waals surface area (Å²) in [5.41, 5.74) is 0. The number of urea groups is 1. The Balaban J connectivity index is 1.79. The molecule has 0 aromatic heterocycles. The average Bonchev–Trinajstić information content (AvgIpc) is 2.87. The summed E-state index contributed by atoms with van der Waals surface area (Å²) in [5, 5.41) is 17.5. The Labute approximate surface area is 224 Å². The molecule has 1 aromatic rings. The summed E-state index contributed by atoms with van der Waals surface area (Å²) in [6.07, 6.45) is 21.8. The van der Waals surface area contributed by atoms with Gasteiger partial charge in [0, 0.05) is 23.6 Å². The number of hydrogen-bond donors (Lipinski definition) is 4. The van der Waals surface area contributed by atoms with E-state index in [2.05, 4.69) is 22.9 Å². The molecule has 36 heavy (non-hydrogen) atoms. The van der Waals surface area contributed by atoms with Crippen LogP contribution in [0, 0.1) is 0 Å². The number of benzene rings is 1. The lowest BCUT2D eigenvalue weighted by Crippen LogP contribution is -2.42. The summed E-state index contributed by atoms with van der Waals surface area (Å²) in [6, 6.07) is 6.66. The molecule has 1 rings (SSSR count). The van der Waals surface area contributed by atoms with Gasteiger partial charge in [-0.05, 0) is 30.7 Å². The number of carbonyl (C=O) groups excluding carboxylic acids is 2. The highest BCUT2D eigenvalue weighted by atomic mass is 32.2. The number of amides is 3. The van der Waals surface area contributed by atoms with Gasteiger partial charge in [-0.3, -0.25) is 4.79 Å². The number of rotatable bonds is 23. The third kappa shape index (κ3) is 20.3.